The Hall–Kier alpha value is -2.96. The fourth-order valence-corrected chi connectivity index (χ4v) is 5.16. The Morgan fingerprint density at radius 1 is 0.933 bits per heavy atom. The largest absolute Gasteiger partial charge is 0.497 e. The van der Waals surface area contributed by atoms with E-state index in [0.29, 0.717) is 44.7 Å². The number of hydrogen-bond acceptors (Lipinski definition) is 4. The van der Waals surface area contributed by atoms with Crippen molar-refractivity contribution in [3.8, 4) is 34.4 Å². The van der Waals surface area contributed by atoms with Crippen LogP contribution in [0.1, 0.15) is 22.7 Å². The highest BCUT2D eigenvalue weighted by molar-refractivity contribution is 6.37. The van der Waals surface area contributed by atoms with Gasteiger partial charge in [-0.25, -0.2) is 0 Å². The molecule has 2 heterocycles. The van der Waals surface area contributed by atoms with E-state index in [9.17, 15) is 10.2 Å². The Morgan fingerprint density at radius 3 is 2.47 bits per heavy atom. The van der Waals surface area contributed by atoms with Crippen LogP contribution >= 0.6 is 23.2 Å². The second kappa shape index (κ2) is 6.79. The van der Waals surface area contributed by atoms with Crippen molar-refractivity contribution in [3.05, 3.63) is 57.2 Å². The zero-order valence-electron chi connectivity index (χ0n) is 16.1. The molecule has 8 heteroatoms. The molecule has 154 valence electrons. The number of ether oxygens (including phenoxy) is 2. The smallest absolute Gasteiger partial charge is 0.199 e. The second-order valence-corrected chi connectivity index (χ2v) is 8.02. The Morgan fingerprint density at radius 2 is 1.73 bits per heavy atom. The van der Waals surface area contributed by atoms with Gasteiger partial charge in [0.15, 0.2) is 11.8 Å². The van der Waals surface area contributed by atoms with Crippen LogP contribution in [0.4, 0.5) is 0 Å². The molecule has 4 N–H and O–H groups in total. The number of methoxy groups -OCH3 is 2. The lowest BCUT2D eigenvalue weighted by atomic mass is 9.79. The summed E-state index contributed by atoms with van der Waals surface area (Å²) >= 11 is 13.2. The molecule has 0 saturated carbocycles. The first-order chi connectivity index (χ1) is 14.4. The molecule has 0 fully saturated rings. The van der Waals surface area contributed by atoms with Crippen molar-refractivity contribution in [2.24, 2.45) is 0 Å². The molecule has 1 unspecified atom stereocenters. The Bertz CT molecular complexity index is 1310. The van der Waals surface area contributed by atoms with Crippen molar-refractivity contribution in [1.82, 2.24) is 9.97 Å². The molecule has 2 aromatic carbocycles. The normalized spacial score (nSPS) is 15.1. The molecule has 4 aromatic rings. The van der Waals surface area contributed by atoms with E-state index in [1.165, 1.54) is 7.11 Å². The summed E-state index contributed by atoms with van der Waals surface area (Å²) in [6.07, 6.45) is 0.497. The maximum absolute atomic E-state index is 10.7. The van der Waals surface area contributed by atoms with Gasteiger partial charge in [0.05, 0.1) is 24.8 Å². The van der Waals surface area contributed by atoms with Crippen LogP contribution in [0.3, 0.4) is 0 Å². The van der Waals surface area contributed by atoms with Gasteiger partial charge in [0, 0.05) is 44.2 Å². The minimum atomic E-state index is -0.394. The molecule has 0 spiro atoms. The molecule has 1 aliphatic rings. The highest BCUT2D eigenvalue weighted by Gasteiger charge is 2.37. The molecule has 0 amide bonds. The third kappa shape index (κ3) is 2.57. The van der Waals surface area contributed by atoms with Crippen LogP contribution in [-0.2, 0) is 6.42 Å². The number of benzene rings is 2. The van der Waals surface area contributed by atoms with Gasteiger partial charge in [-0.15, -0.1) is 0 Å². The number of fused-ring (bicyclic) bond motifs is 5. The molecule has 0 radical (unpaired) electrons. The Labute approximate surface area is 182 Å². The van der Waals surface area contributed by atoms with E-state index in [1.807, 2.05) is 18.2 Å². The van der Waals surface area contributed by atoms with Crippen LogP contribution in [0.25, 0.3) is 22.0 Å². The predicted octanol–water partition coefficient (Wildman–Crippen LogP) is 5.59. The first-order valence-corrected chi connectivity index (χ1v) is 10.0. The molecule has 0 saturated heterocycles. The van der Waals surface area contributed by atoms with E-state index in [-0.39, 0.29) is 11.8 Å². The van der Waals surface area contributed by atoms with Gasteiger partial charge >= 0.3 is 0 Å². The molecule has 1 atom stereocenters. The van der Waals surface area contributed by atoms with Gasteiger partial charge in [-0.1, -0.05) is 23.2 Å². The molecule has 0 bridgehead atoms. The summed E-state index contributed by atoms with van der Waals surface area (Å²) in [4.78, 5) is 6.09. The van der Waals surface area contributed by atoms with Gasteiger partial charge in [-0.3, -0.25) is 4.98 Å². The molecule has 2 aromatic heterocycles. The molecule has 30 heavy (non-hydrogen) atoms. The van der Waals surface area contributed by atoms with Gasteiger partial charge in [0.25, 0.3) is 0 Å². The second-order valence-electron chi connectivity index (χ2n) is 7.23. The quantitative estimate of drug-likeness (QED) is 0.331. The van der Waals surface area contributed by atoms with Gasteiger partial charge in [-0.2, -0.15) is 0 Å². The fourth-order valence-electron chi connectivity index (χ4n) is 4.45. The van der Waals surface area contributed by atoms with E-state index in [0.717, 1.165) is 22.2 Å². The third-order valence-electron chi connectivity index (χ3n) is 5.75. The maximum Gasteiger partial charge on any atom is 0.199 e. The van der Waals surface area contributed by atoms with Crippen molar-refractivity contribution >= 4 is 34.1 Å². The molecule has 5 rings (SSSR count). The monoisotopic (exact) mass is 444 g/mol. The number of nitrogens with one attached hydrogen (secondary N) is 2. The average Bonchev–Trinajstić information content (AvgIpc) is 3.24. The van der Waals surface area contributed by atoms with Crippen molar-refractivity contribution in [1.29, 1.82) is 0 Å². The molecule has 1 aliphatic carbocycles. The van der Waals surface area contributed by atoms with Crippen LogP contribution in [0.2, 0.25) is 10.0 Å². The van der Waals surface area contributed by atoms with E-state index in [4.69, 9.17) is 32.7 Å². The lowest BCUT2D eigenvalue weighted by Crippen LogP contribution is -2.12. The summed E-state index contributed by atoms with van der Waals surface area (Å²) < 4.78 is 10.7. The zero-order valence-corrected chi connectivity index (χ0v) is 17.6. The van der Waals surface area contributed by atoms with Crippen LogP contribution < -0.4 is 9.47 Å². The highest BCUT2D eigenvalue weighted by atomic mass is 35.5. The number of halogens is 2. The third-order valence-corrected chi connectivity index (χ3v) is 6.47. The van der Waals surface area contributed by atoms with E-state index in [1.54, 1.807) is 19.2 Å². The summed E-state index contributed by atoms with van der Waals surface area (Å²) in [7, 11) is 3.14. The SMILES string of the molecule is COc1ccc2[nH]c3c(c2c1)-c1c(O)[nH]c(O)c1C(c1c(Cl)ccc(OC)c1Cl)C3. The van der Waals surface area contributed by atoms with Crippen molar-refractivity contribution in [2.45, 2.75) is 12.3 Å². The van der Waals surface area contributed by atoms with Gasteiger partial charge < -0.3 is 24.7 Å². The molecule has 6 nitrogen and oxygen atoms in total. The van der Waals surface area contributed by atoms with Crippen molar-refractivity contribution < 1.29 is 19.7 Å². The maximum atomic E-state index is 10.7. The first kappa shape index (κ1) is 19.0. The number of H-pyrrole nitrogens is 2. The van der Waals surface area contributed by atoms with Crippen LogP contribution in [-0.4, -0.2) is 34.4 Å². The number of aromatic amines is 2. The van der Waals surface area contributed by atoms with Crippen molar-refractivity contribution in [2.75, 3.05) is 14.2 Å². The van der Waals surface area contributed by atoms with Crippen LogP contribution in [0.15, 0.2) is 30.3 Å². The standard InChI is InChI=1S/C22H18Cl2N2O4/c1-29-9-3-5-13-10(7-9)17-14(25-13)8-11(18-19(17)22(28)26-21(18)27)16-12(23)4-6-15(30-2)20(16)24/h3-7,11,25-28H,8H2,1-2H3. The molecular weight excluding hydrogens is 427 g/mol. The zero-order chi connectivity index (χ0) is 21.2. The number of aromatic nitrogens is 2. The average molecular weight is 445 g/mol. The van der Waals surface area contributed by atoms with E-state index < -0.39 is 5.92 Å². The molecule has 0 aliphatic heterocycles. The van der Waals surface area contributed by atoms with Crippen LogP contribution in [0, 0.1) is 0 Å². The van der Waals surface area contributed by atoms with E-state index in [2.05, 4.69) is 9.97 Å². The lowest BCUT2D eigenvalue weighted by Gasteiger charge is -2.26. The summed E-state index contributed by atoms with van der Waals surface area (Å²) in [5.74, 6) is 0.558. The number of hydrogen-bond donors (Lipinski definition) is 4. The predicted molar refractivity (Wildman–Crippen MR) is 117 cm³/mol. The van der Waals surface area contributed by atoms with Crippen LogP contribution in [0.5, 0.6) is 23.3 Å². The summed E-state index contributed by atoms with van der Waals surface area (Å²) in [6, 6.07) is 9.12. The Balaban J connectivity index is 1.81. The lowest BCUT2D eigenvalue weighted by molar-refractivity contribution is 0.413. The summed E-state index contributed by atoms with van der Waals surface area (Å²) in [5.41, 5.74) is 4.32. The minimum Gasteiger partial charge on any atom is -0.497 e. The fraction of sp³-hybridized carbons (Fsp3) is 0.182. The summed E-state index contributed by atoms with van der Waals surface area (Å²) in [5, 5.41) is 23.1. The first-order valence-electron chi connectivity index (χ1n) is 9.29. The summed E-state index contributed by atoms with van der Waals surface area (Å²) in [6.45, 7) is 0. The van der Waals surface area contributed by atoms with Gasteiger partial charge in [0.1, 0.15) is 11.5 Å². The molecular formula is C22H18Cl2N2O4. The number of aromatic hydroxyl groups is 2. The highest BCUT2D eigenvalue weighted by Crippen LogP contribution is 2.55. The van der Waals surface area contributed by atoms with Gasteiger partial charge in [-0.05, 0) is 36.8 Å². The van der Waals surface area contributed by atoms with Crippen molar-refractivity contribution in [3.63, 3.8) is 0 Å². The number of rotatable bonds is 3. The topological polar surface area (TPSA) is 90.5 Å². The minimum absolute atomic E-state index is 0.118. The van der Waals surface area contributed by atoms with Gasteiger partial charge in [0.2, 0.25) is 0 Å². The Kier molecular flexibility index (Phi) is 4.31. The van der Waals surface area contributed by atoms with E-state index >= 15 is 0 Å².